The van der Waals surface area contributed by atoms with E-state index in [1.54, 1.807) is 12.1 Å². The van der Waals surface area contributed by atoms with E-state index in [2.05, 4.69) is 10.6 Å². The van der Waals surface area contributed by atoms with E-state index >= 15 is 0 Å². The number of amides is 1. The van der Waals surface area contributed by atoms with Crippen molar-refractivity contribution in [3.8, 4) is 6.07 Å². The minimum absolute atomic E-state index is 0.209. The standard InChI is InChI=1S/C14H13ClN4OS/c1-18-13(20)11-12(17)10(6-16)21-14(11)19-7-8-2-4-9(15)5-3-8/h2-5,19H,7,17H2,1H3,(H,18,20). The van der Waals surface area contributed by atoms with Crippen LogP contribution in [0.4, 0.5) is 10.7 Å². The zero-order chi connectivity index (χ0) is 15.4. The van der Waals surface area contributed by atoms with E-state index in [1.807, 2.05) is 18.2 Å². The minimum Gasteiger partial charge on any atom is -0.396 e. The summed E-state index contributed by atoms with van der Waals surface area (Å²) in [6.45, 7) is 0.506. The number of nitrogen functional groups attached to an aromatic ring is 1. The molecule has 0 aliphatic carbocycles. The van der Waals surface area contributed by atoms with Gasteiger partial charge in [-0.25, -0.2) is 0 Å². The smallest absolute Gasteiger partial charge is 0.256 e. The number of nitriles is 1. The molecule has 108 valence electrons. The van der Waals surface area contributed by atoms with E-state index < -0.39 is 0 Å². The van der Waals surface area contributed by atoms with E-state index in [0.29, 0.717) is 27.0 Å². The minimum atomic E-state index is -0.316. The monoisotopic (exact) mass is 320 g/mol. The number of hydrogen-bond acceptors (Lipinski definition) is 5. The van der Waals surface area contributed by atoms with Crippen LogP contribution in [-0.2, 0) is 6.54 Å². The Morgan fingerprint density at radius 2 is 2.10 bits per heavy atom. The third kappa shape index (κ3) is 3.27. The topological polar surface area (TPSA) is 90.9 Å². The van der Waals surface area contributed by atoms with Crippen molar-refractivity contribution in [1.82, 2.24) is 5.32 Å². The summed E-state index contributed by atoms with van der Waals surface area (Å²) in [5, 5.41) is 15.9. The Bertz CT molecular complexity index is 703. The lowest BCUT2D eigenvalue weighted by Crippen LogP contribution is -2.20. The molecule has 2 aromatic rings. The molecule has 0 radical (unpaired) electrons. The first-order valence-electron chi connectivity index (χ1n) is 6.09. The second-order valence-corrected chi connectivity index (χ2v) is 5.68. The van der Waals surface area contributed by atoms with Crippen LogP contribution in [0.25, 0.3) is 0 Å². The molecule has 0 spiro atoms. The van der Waals surface area contributed by atoms with Gasteiger partial charge in [0.25, 0.3) is 5.91 Å². The molecule has 2 rings (SSSR count). The van der Waals surface area contributed by atoms with Crippen molar-refractivity contribution >= 4 is 39.5 Å². The van der Waals surface area contributed by atoms with Crippen molar-refractivity contribution < 1.29 is 4.79 Å². The summed E-state index contributed by atoms with van der Waals surface area (Å²) in [6, 6.07) is 9.36. The highest BCUT2D eigenvalue weighted by molar-refractivity contribution is 7.17. The molecule has 1 amide bonds. The van der Waals surface area contributed by atoms with Gasteiger partial charge in [0.2, 0.25) is 0 Å². The molecule has 21 heavy (non-hydrogen) atoms. The fourth-order valence-electron chi connectivity index (χ4n) is 1.79. The number of hydrogen-bond donors (Lipinski definition) is 3. The Hall–Kier alpha value is -2.23. The molecule has 1 aromatic heterocycles. The van der Waals surface area contributed by atoms with Gasteiger partial charge < -0.3 is 16.4 Å². The maximum Gasteiger partial charge on any atom is 0.256 e. The summed E-state index contributed by atoms with van der Waals surface area (Å²) >= 11 is 7.00. The summed E-state index contributed by atoms with van der Waals surface area (Å²) in [5.41, 5.74) is 7.38. The van der Waals surface area contributed by atoms with Crippen LogP contribution in [0.15, 0.2) is 24.3 Å². The fraction of sp³-hybridized carbons (Fsp3) is 0.143. The van der Waals surface area contributed by atoms with Gasteiger partial charge in [0.1, 0.15) is 15.9 Å². The van der Waals surface area contributed by atoms with Gasteiger partial charge in [0.15, 0.2) is 0 Å². The summed E-state index contributed by atoms with van der Waals surface area (Å²) in [6.07, 6.45) is 0. The van der Waals surface area contributed by atoms with E-state index in [4.69, 9.17) is 22.6 Å². The van der Waals surface area contributed by atoms with Gasteiger partial charge >= 0.3 is 0 Å². The lowest BCUT2D eigenvalue weighted by molar-refractivity contribution is 0.0965. The molecule has 1 aromatic carbocycles. The third-order valence-corrected chi connectivity index (χ3v) is 4.19. The fourth-order valence-corrected chi connectivity index (χ4v) is 2.82. The second kappa shape index (κ2) is 6.48. The van der Waals surface area contributed by atoms with Crippen LogP contribution >= 0.6 is 22.9 Å². The van der Waals surface area contributed by atoms with Gasteiger partial charge in [-0.1, -0.05) is 23.7 Å². The van der Waals surface area contributed by atoms with E-state index in [-0.39, 0.29) is 11.6 Å². The molecular weight excluding hydrogens is 308 g/mol. The first kappa shape index (κ1) is 15.2. The van der Waals surface area contributed by atoms with Gasteiger partial charge in [0.05, 0.1) is 11.3 Å². The number of nitrogens with two attached hydrogens (primary N) is 1. The molecule has 0 unspecified atom stereocenters. The summed E-state index contributed by atoms with van der Waals surface area (Å²) < 4.78 is 0. The van der Waals surface area contributed by atoms with Crippen LogP contribution in [0, 0.1) is 11.3 Å². The number of carbonyl (C=O) groups is 1. The molecule has 4 N–H and O–H groups in total. The molecule has 0 saturated heterocycles. The van der Waals surface area contributed by atoms with Gasteiger partial charge in [-0.3, -0.25) is 4.79 Å². The molecule has 0 fully saturated rings. The quantitative estimate of drug-likeness (QED) is 0.808. The van der Waals surface area contributed by atoms with E-state index in [0.717, 1.165) is 5.56 Å². The van der Waals surface area contributed by atoms with E-state index in [9.17, 15) is 4.79 Å². The van der Waals surface area contributed by atoms with Crippen molar-refractivity contribution in [3.63, 3.8) is 0 Å². The molecule has 7 heteroatoms. The normalized spacial score (nSPS) is 9.95. The SMILES string of the molecule is CNC(=O)c1c(NCc2ccc(Cl)cc2)sc(C#N)c1N. The molecular formula is C14H13ClN4OS. The highest BCUT2D eigenvalue weighted by Crippen LogP contribution is 2.35. The van der Waals surface area contributed by atoms with Gasteiger partial charge in [0, 0.05) is 18.6 Å². The number of rotatable bonds is 4. The van der Waals surface area contributed by atoms with Crippen molar-refractivity contribution in [3.05, 3.63) is 45.3 Å². The Morgan fingerprint density at radius 3 is 2.67 bits per heavy atom. The molecule has 0 aliphatic rings. The average Bonchev–Trinajstić information content (AvgIpc) is 2.82. The summed E-state index contributed by atoms with van der Waals surface area (Å²) in [4.78, 5) is 12.2. The predicted molar refractivity (Wildman–Crippen MR) is 85.6 cm³/mol. The average molecular weight is 321 g/mol. The highest BCUT2D eigenvalue weighted by Gasteiger charge is 2.21. The molecule has 0 bridgehead atoms. The van der Waals surface area contributed by atoms with Crippen molar-refractivity contribution in [2.45, 2.75) is 6.54 Å². The lowest BCUT2D eigenvalue weighted by Gasteiger charge is -2.07. The van der Waals surface area contributed by atoms with Crippen molar-refractivity contribution in [2.24, 2.45) is 0 Å². The van der Waals surface area contributed by atoms with Crippen LogP contribution in [0.5, 0.6) is 0 Å². The molecule has 1 heterocycles. The summed E-state index contributed by atoms with van der Waals surface area (Å²) in [7, 11) is 1.52. The Morgan fingerprint density at radius 1 is 1.43 bits per heavy atom. The van der Waals surface area contributed by atoms with Crippen LogP contribution in [0.2, 0.25) is 5.02 Å². The van der Waals surface area contributed by atoms with Crippen LogP contribution < -0.4 is 16.4 Å². The number of halogens is 1. The van der Waals surface area contributed by atoms with E-state index in [1.165, 1.54) is 18.4 Å². The Labute approximate surface area is 131 Å². The molecule has 0 saturated carbocycles. The molecule has 0 atom stereocenters. The van der Waals surface area contributed by atoms with Crippen molar-refractivity contribution in [2.75, 3.05) is 18.1 Å². The number of benzene rings is 1. The molecule has 0 aliphatic heterocycles. The number of carbonyl (C=O) groups excluding carboxylic acids is 1. The maximum atomic E-state index is 11.9. The third-order valence-electron chi connectivity index (χ3n) is 2.87. The number of anilines is 2. The second-order valence-electron chi connectivity index (χ2n) is 4.22. The first-order valence-corrected chi connectivity index (χ1v) is 7.29. The van der Waals surface area contributed by atoms with Crippen LogP contribution in [-0.4, -0.2) is 13.0 Å². The largest absolute Gasteiger partial charge is 0.396 e. The number of thiophene rings is 1. The van der Waals surface area contributed by atoms with Gasteiger partial charge in [-0.2, -0.15) is 5.26 Å². The zero-order valence-electron chi connectivity index (χ0n) is 11.2. The Kier molecular flexibility index (Phi) is 4.68. The summed E-state index contributed by atoms with van der Waals surface area (Å²) in [5.74, 6) is -0.316. The van der Waals surface area contributed by atoms with Crippen molar-refractivity contribution in [1.29, 1.82) is 5.26 Å². The van der Waals surface area contributed by atoms with Crippen LogP contribution in [0.3, 0.4) is 0 Å². The lowest BCUT2D eigenvalue weighted by atomic mass is 10.2. The maximum absolute atomic E-state index is 11.9. The van der Waals surface area contributed by atoms with Gasteiger partial charge in [-0.15, -0.1) is 11.3 Å². The van der Waals surface area contributed by atoms with Gasteiger partial charge in [-0.05, 0) is 17.7 Å². The molecule has 5 nitrogen and oxygen atoms in total. The predicted octanol–water partition coefficient (Wildman–Crippen LogP) is 2.83. The first-order chi connectivity index (χ1) is 10.1. The number of nitrogens with zero attached hydrogens (tertiary/aromatic N) is 1. The number of nitrogens with one attached hydrogen (secondary N) is 2. The van der Waals surface area contributed by atoms with Crippen LogP contribution in [0.1, 0.15) is 20.8 Å². The zero-order valence-corrected chi connectivity index (χ0v) is 12.8. The Balaban J connectivity index is 2.25. The highest BCUT2D eigenvalue weighted by atomic mass is 35.5.